The van der Waals surface area contributed by atoms with Crippen molar-refractivity contribution in [1.82, 2.24) is 4.57 Å². The number of hydrogen-bond acceptors (Lipinski definition) is 0. The molecule has 0 radical (unpaired) electrons. The summed E-state index contributed by atoms with van der Waals surface area (Å²) in [6.45, 7) is 0. The molecule has 0 atom stereocenters. The molecule has 9 aromatic rings. The van der Waals surface area contributed by atoms with Gasteiger partial charge in [-0.15, -0.1) is 0 Å². The summed E-state index contributed by atoms with van der Waals surface area (Å²) in [6.07, 6.45) is 0. The SMILES string of the molecule is Brc1cccc(-c2ccc(-c3ccc4c5ccccc5n(-c5cccc6c5-c5ccccc5C6(c5ccccc5)c5ccccc5)c4c3)cc2)c1. The van der Waals surface area contributed by atoms with Crippen molar-refractivity contribution in [2.45, 2.75) is 5.41 Å². The van der Waals surface area contributed by atoms with Crippen LogP contribution in [0.4, 0.5) is 0 Å². The van der Waals surface area contributed by atoms with Gasteiger partial charge in [0, 0.05) is 20.8 Å². The Labute approximate surface area is 306 Å². The number of fused-ring (bicyclic) bond motifs is 6. The minimum atomic E-state index is -0.454. The maximum Gasteiger partial charge on any atom is 0.0714 e. The van der Waals surface area contributed by atoms with Crippen molar-refractivity contribution in [3.63, 3.8) is 0 Å². The van der Waals surface area contributed by atoms with Crippen molar-refractivity contribution >= 4 is 37.7 Å². The van der Waals surface area contributed by atoms with Crippen LogP contribution < -0.4 is 0 Å². The van der Waals surface area contributed by atoms with Crippen LogP contribution in [0.2, 0.25) is 0 Å². The van der Waals surface area contributed by atoms with E-state index >= 15 is 0 Å². The van der Waals surface area contributed by atoms with E-state index in [2.05, 4.69) is 215 Å². The summed E-state index contributed by atoms with van der Waals surface area (Å²) in [5.74, 6) is 0. The van der Waals surface area contributed by atoms with Gasteiger partial charge in [0.2, 0.25) is 0 Å². The van der Waals surface area contributed by atoms with Crippen molar-refractivity contribution in [2.75, 3.05) is 0 Å². The summed E-state index contributed by atoms with van der Waals surface area (Å²) < 4.78 is 3.59. The molecule has 1 aliphatic carbocycles. The molecule has 1 aliphatic rings. The fourth-order valence-electron chi connectivity index (χ4n) is 8.59. The van der Waals surface area contributed by atoms with E-state index < -0.39 is 5.41 Å². The minimum Gasteiger partial charge on any atom is -0.309 e. The average molecular weight is 715 g/mol. The highest BCUT2D eigenvalue weighted by Crippen LogP contribution is 2.58. The van der Waals surface area contributed by atoms with Crippen LogP contribution in [0.5, 0.6) is 0 Å². The number of para-hydroxylation sites is 1. The lowest BCUT2D eigenvalue weighted by Crippen LogP contribution is -2.28. The Morgan fingerprint density at radius 1 is 0.392 bits per heavy atom. The Kier molecular flexibility index (Phi) is 6.94. The zero-order chi connectivity index (χ0) is 33.9. The molecule has 1 nitrogen and oxygen atoms in total. The van der Waals surface area contributed by atoms with Crippen molar-refractivity contribution in [1.29, 1.82) is 0 Å². The lowest BCUT2D eigenvalue weighted by molar-refractivity contribution is 0.768. The van der Waals surface area contributed by atoms with Gasteiger partial charge in [-0.25, -0.2) is 0 Å². The third kappa shape index (κ3) is 4.53. The minimum absolute atomic E-state index is 0.454. The summed E-state index contributed by atoms with van der Waals surface area (Å²) in [7, 11) is 0. The first kappa shape index (κ1) is 29.9. The summed E-state index contributed by atoms with van der Waals surface area (Å²) in [6, 6.07) is 71.3. The van der Waals surface area contributed by atoms with E-state index in [-0.39, 0.29) is 0 Å². The van der Waals surface area contributed by atoms with Crippen LogP contribution in [0.15, 0.2) is 199 Å². The molecule has 51 heavy (non-hydrogen) atoms. The number of hydrogen-bond donors (Lipinski definition) is 0. The predicted molar refractivity (Wildman–Crippen MR) is 217 cm³/mol. The van der Waals surface area contributed by atoms with E-state index in [0.717, 1.165) is 4.47 Å². The molecule has 0 amide bonds. The lowest BCUT2D eigenvalue weighted by atomic mass is 9.68. The molecular weight excluding hydrogens is 682 g/mol. The lowest BCUT2D eigenvalue weighted by Gasteiger charge is -2.34. The molecule has 1 aromatic heterocycles. The molecule has 0 unspecified atom stereocenters. The first-order valence-corrected chi connectivity index (χ1v) is 18.3. The second-order valence-corrected chi connectivity index (χ2v) is 14.3. The monoisotopic (exact) mass is 713 g/mol. The highest BCUT2D eigenvalue weighted by atomic mass is 79.9. The van der Waals surface area contributed by atoms with Gasteiger partial charge in [-0.1, -0.05) is 180 Å². The second-order valence-electron chi connectivity index (χ2n) is 13.4. The van der Waals surface area contributed by atoms with Gasteiger partial charge in [0.25, 0.3) is 0 Å². The summed E-state index contributed by atoms with van der Waals surface area (Å²) in [4.78, 5) is 0. The number of rotatable bonds is 5. The molecular formula is C49H32BrN. The molecule has 0 saturated carbocycles. The number of nitrogens with zero attached hydrogens (tertiary/aromatic N) is 1. The van der Waals surface area contributed by atoms with E-state index in [9.17, 15) is 0 Å². The molecule has 10 rings (SSSR count). The Morgan fingerprint density at radius 3 is 1.69 bits per heavy atom. The van der Waals surface area contributed by atoms with E-state index in [0.29, 0.717) is 0 Å². The van der Waals surface area contributed by atoms with Crippen molar-refractivity contribution in [3.05, 3.63) is 221 Å². The van der Waals surface area contributed by atoms with E-state index in [1.807, 2.05) is 0 Å². The fourth-order valence-corrected chi connectivity index (χ4v) is 8.99. The maximum atomic E-state index is 3.63. The largest absolute Gasteiger partial charge is 0.309 e. The maximum absolute atomic E-state index is 3.63. The van der Waals surface area contributed by atoms with Gasteiger partial charge in [0.05, 0.1) is 22.1 Å². The first-order valence-electron chi connectivity index (χ1n) is 17.5. The molecule has 0 aliphatic heterocycles. The van der Waals surface area contributed by atoms with Gasteiger partial charge in [-0.3, -0.25) is 0 Å². The third-order valence-corrected chi connectivity index (χ3v) is 11.2. The van der Waals surface area contributed by atoms with Gasteiger partial charge in [-0.05, 0) is 80.4 Å². The normalized spacial score (nSPS) is 13.0. The van der Waals surface area contributed by atoms with Crippen LogP contribution in [-0.2, 0) is 5.41 Å². The topological polar surface area (TPSA) is 4.93 Å². The van der Waals surface area contributed by atoms with Gasteiger partial charge in [-0.2, -0.15) is 0 Å². The third-order valence-electron chi connectivity index (χ3n) is 10.8. The molecule has 2 heteroatoms. The van der Waals surface area contributed by atoms with Gasteiger partial charge >= 0.3 is 0 Å². The van der Waals surface area contributed by atoms with Crippen LogP contribution in [0, 0.1) is 0 Å². The van der Waals surface area contributed by atoms with Crippen LogP contribution in [0.25, 0.3) is 60.9 Å². The molecule has 0 fully saturated rings. The molecule has 8 aromatic carbocycles. The molecule has 0 N–H and O–H groups in total. The molecule has 1 heterocycles. The summed E-state index contributed by atoms with van der Waals surface area (Å²) in [5.41, 5.74) is 15.7. The number of aromatic nitrogens is 1. The summed E-state index contributed by atoms with van der Waals surface area (Å²) in [5, 5.41) is 2.51. The van der Waals surface area contributed by atoms with E-state index in [1.165, 1.54) is 83.1 Å². The molecule has 0 spiro atoms. The van der Waals surface area contributed by atoms with Crippen molar-refractivity contribution in [2.24, 2.45) is 0 Å². The molecule has 240 valence electrons. The standard InChI is InChI=1S/C49H32BrN/c50-39-18-11-13-35(31-39)33-25-27-34(28-26-33)36-29-30-41-40-19-8-10-23-45(40)51(47(41)32-36)46-24-12-22-44-48(46)42-20-7-9-21-43(42)49(44,37-14-3-1-4-15-37)38-16-5-2-6-17-38/h1-32H. The van der Waals surface area contributed by atoms with Crippen molar-refractivity contribution in [3.8, 4) is 39.1 Å². The zero-order valence-corrected chi connectivity index (χ0v) is 29.4. The van der Waals surface area contributed by atoms with E-state index in [4.69, 9.17) is 0 Å². The highest BCUT2D eigenvalue weighted by molar-refractivity contribution is 9.10. The highest BCUT2D eigenvalue weighted by Gasteiger charge is 2.47. The zero-order valence-electron chi connectivity index (χ0n) is 27.8. The molecule has 0 bridgehead atoms. The van der Waals surface area contributed by atoms with Crippen LogP contribution in [0.3, 0.4) is 0 Å². The quantitative estimate of drug-likeness (QED) is 0.167. The van der Waals surface area contributed by atoms with Crippen molar-refractivity contribution < 1.29 is 0 Å². The Hall–Kier alpha value is -5.96. The second kappa shape index (κ2) is 11.8. The predicted octanol–water partition coefficient (Wildman–Crippen LogP) is 13.2. The Balaban J connectivity index is 1.23. The van der Waals surface area contributed by atoms with Crippen LogP contribution >= 0.6 is 15.9 Å². The number of benzene rings is 8. The van der Waals surface area contributed by atoms with Gasteiger partial charge in [0.15, 0.2) is 0 Å². The van der Waals surface area contributed by atoms with Crippen LogP contribution in [0.1, 0.15) is 22.3 Å². The fraction of sp³-hybridized carbons (Fsp3) is 0.0204. The van der Waals surface area contributed by atoms with Crippen LogP contribution in [-0.4, -0.2) is 4.57 Å². The summed E-state index contributed by atoms with van der Waals surface area (Å²) >= 11 is 3.63. The van der Waals surface area contributed by atoms with Gasteiger partial charge in [0.1, 0.15) is 0 Å². The Morgan fingerprint density at radius 2 is 0.961 bits per heavy atom. The Bertz CT molecular complexity index is 2700. The van der Waals surface area contributed by atoms with Gasteiger partial charge < -0.3 is 4.57 Å². The molecule has 0 saturated heterocycles. The average Bonchev–Trinajstić information content (AvgIpc) is 3.69. The first-order chi connectivity index (χ1) is 25.2. The number of halogens is 1. The van der Waals surface area contributed by atoms with E-state index in [1.54, 1.807) is 0 Å². The smallest absolute Gasteiger partial charge is 0.0714 e.